The number of rotatable bonds is 7. The third-order valence-corrected chi connectivity index (χ3v) is 4.65. The highest BCUT2D eigenvalue weighted by molar-refractivity contribution is 5.67. The maximum Gasteiger partial charge on any atom is 0.410 e. The topological polar surface area (TPSA) is 76.6 Å². The van der Waals surface area contributed by atoms with Gasteiger partial charge in [0, 0.05) is 32.0 Å². The van der Waals surface area contributed by atoms with E-state index in [2.05, 4.69) is 15.3 Å². The van der Waals surface area contributed by atoms with E-state index in [0.29, 0.717) is 37.3 Å². The summed E-state index contributed by atoms with van der Waals surface area (Å²) in [5.74, 6) is 1.66. The number of benzene rings is 1. The first kappa shape index (κ1) is 19.9. The van der Waals surface area contributed by atoms with E-state index in [1.165, 1.54) is 0 Å². The van der Waals surface area contributed by atoms with E-state index in [-0.39, 0.29) is 12.2 Å². The Kier molecular flexibility index (Phi) is 7.06. The zero-order valence-electron chi connectivity index (χ0n) is 16.5. The molecule has 2 aromatic rings. The monoisotopic (exact) mass is 384 g/mol. The Morgan fingerprint density at radius 1 is 1.18 bits per heavy atom. The summed E-state index contributed by atoms with van der Waals surface area (Å²) in [6, 6.07) is 9.74. The van der Waals surface area contributed by atoms with Gasteiger partial charge in [-0.1, -0.05) is 30.3 Å². The van der Waals surface area contributed by atoms with Gasteiger partial charge in [0.1, 0.15) is 6.61 Å². The number of ether oxygens (including phenoxy) is 2. The average molecular weight is 384 g/mol. The van der Waals surface area contributed by atoms with Crippen molar-refractivity contribution in [2.75, 3.05) is 25.0 Å². The molecule has 1 fully saturated rings. The number of nitrogens with zero attached hydrogens (tertiary/aromatic N) is 3. The summed E-state index contributed by atoms with van der Waals surface area (Å²) in [7, 11) is 0. The summed E-state index contributed by atoms with van der Waals surface area (Å²) in [6.45, 7) is 6.42. The van der Waals surface area contributed by atoms with Gasteiger partial charge in [0.2, 0.25) is 0 Å². The second-order valence-electron chi connectivity index (χ2n) is 7.23. The Morgan fingerprint density at radius 2 is 1.89 bits per heavy atom. The fourth-order valence-electron chi connectivity index (χ4n) is 3.13. The van der Waals surface area contributed by atoms with Gasteiger partial charge in [-0.15, -0.1) is 0 Å². The number of amides is 1. The second-order valence-corrected chi connectivity index (χ2v) is 7.23. The number of likely N-dealkylation sites (tertiary alicyclic amines) is 1. The van der Waals surface area contributed by atoms with E-state index in [4.69, 9.17) is 9.47 Å². The van der Waals surface area contributed by atoms with Gasteiger partial charge in [0.05, 0.1) is 6.10 Å². The van der Waals surface area contributed by atoms with Gasteiger partial charge in [-0.25, -0.2) is 14.8 Å². The number of carbonyl (C=O) groups is 1. The number of anilines is 1. The van der Waals surface area contributed by atoms with Crippen LogP contribution in [0.5, 0.6) is 5.88 Å². The van der Waals surface area contributed by atoms with Crippen LogP contribution in [0.4, 0.5) is 10.6 Å². The highest BCUT2D eigenvalue weighted by Gasteiger charge is 2.24. The number of hydrogen-bond acceptors (Lipinski definition) is 6. The molecule has 0 atom stereocenters. The molecule has 7 heteroatoms. The molecule has 0 aliphatic carbocycles. The van der Waals surface area contributed by atoms with E-state index in [9.17, 15) is 4.79 Å². The molecule has 1 amide bonds. The van der Waals surface area contributed by atoms with Crippen LogP contribution in [-0.4, -0.2) is 46.7 Å². The van der Waals surface area contributed by atoms with Crippen molar-refractivity contribution < 1.29 is 14.3 Å². The molecule has 0 spiro atoms. The summed E-state index contributed by atoms with van der Waals surface area (Å²) in [6.07, 6.45) is 4.94. The molecule has 1 aromatic heterocycles. The predicted octanol–water partition coefficient (Wildman–Crippen LogP) is 3.72. The van der Waals surface area contributed by atoms with Gasteiger partial charge in [-0.05, 0) is 38.2 Å². The van der Waals surface area contributed by atoms with Gasteiger partial charge in [0.25, 0.3) is 5.88 Å². The van der Waals surface area contributed by atoms with Crippen LogP contribution < -0.4 is 10.1 Å². The number of hydrogen-bond donors (Lipinski definition) is 1. The predicted molar refractivity (Wildman–Crippen MR) is 107 cm³/mol. The molecule has 3 rings (SSSR count). The normalized spacial score (nSPS) is 14.8. The zero-order valence-corrected chi connectivity index (χ0v) is 16.5. The van der Waals surface area contributed by atoms with Crippen molar-refractivity contribution in [1.82, 2.24) is 14.9 Å². The maximum absolute atomic E-state index is 12.3. The molecule has 28 heavy (non-hydrogen) atoms. The standard InChI is InChI=1S/C21H28N4O3/c1-16(2)28-20-19(22-10-11-23-20)24-14-17-8-12-25(13-9-17)21(26)27-15-18-6-4-3-5-7-18/h3-7,10-11,16-17H,8-9,12-15H2,1-2H3,(H,22,24). The minimum absolute atomic E-state index is 0.0439. The molecule has 1 saturated heterocycles. The van der Waals surface area contributed by atoms with Crippen LogP contribution in [0.3, 0.4) is 0 Å². The van der Waals surface area contributed by atoms with Crippen LogP contribution in [0.25, 0.3) is 0 Å². The number of carbonyl (C=O) groups excluding carboxylic acids is 1. The summed E-state index contributed by atoms with van der Waals surface area (Å²) in [4.78, 5) is 22.6. The highest BCUT2D eigenvalue weighted by Crippen LogP contribution is 2.22. The van der Waals surface area contributed by atoms with Gasteiger partial charge in [-0.3, -0.25) is 0 Å². The molecule has 2 heterocycles. The molecule has 0 bridgehead atoms. The highest BCUT2D eigenvalue weighted by atomic mass is 16.6. The maximum atomic E-state index is 12.3. The van der Waals surface area contributed by atoms with E-state index >= 15 is 0 Å². The molecule has 7 nitrogen and oxygen atoms in total. The first-order chi connectivity index (χ1) is 13.6. The Morgan fingerprint density at radius 3 is 2.61 bits per heavy atom. The van der Waals surface area contributed by atoms with Crippen molar-refractivity contribution >= 4 is 11.9 Å². The Bertz CT molecular complexity index is 746. The SMILES string of the molecule is CC(C)Oc1nccnc1NCC1CCN(C(=O)OCc2ccccc2)CC1. The summed E-state index contributed by atoms with van der Waals surface area (Å²) in [5.41, 5.74) is 0.998. The number of aromatic nitrogens is 2. The van der Waals surface area contributed by atoms with Crippen LogP contribution in [0.1, 0.15) is 32.3 Å². The van der Waals surface area contributed by atoms with Crippen LogP contribution in [0.15, 0.2) is 42.7 Å². The lowest BCUT2D eigenvalue weighted by Gasteiger charge is -2.31. The molecule has 1 aliphatic rings. The lowest BCUT2D eigenvalue weighted by atomic mass is 9.97. The van der Waals surface area contributed by atoms with Gasteiger partial charge in [0.15, 0.2) is 5.82 Å². The van der Waals surface area contributed by atoms with Crippen molar-refractivity contribution in [1.29, 1.82) is 0 Å². The Labute approximate surface area is 166 Å². The molecule has 1 aliphatic heterocycles. The third-order valence-electron chi connectivity index (χ3n) is 4.65. The van der Waals surface area contributed by atoms with E-state index < -0.39 is 0 Å². The summed E-state index contributed by atoms with van der Waals surface area (Å²) < 4.78 is 11.1. The molecule has 1 aromatic carbocycles. The zero-order chi connectivity index (χ0) is 19.8. The lowest BCUT2D eigenvalue weighted by Crippen LogP contribution is -2.40. The van der Waals surface area contributed by atoms with Crippen LogP contribution in [0, 0.1) is 5.92 Å². The quantitative estimate of drug-likeness (QED) is 0.784. The van der Waals surface area contributed by atoms with E-state index in [1.807, 2.05) is 44.2 Å². The van der Waals surface area contributed by atoms with Crippen molar-refractivity contribution in [2.45, 2.75) is 39.4 Å². The van der Waals surface area contributed by atoms with Crippen molar-refractivity contribution in [2.24, 2.45) is 5.92 Å². The fraction of sp³-hybridized carbons (Fsp3) is 0.476. The van der Waals surface area contributed by atoms with Gasteiger partial charge in [-0.2, -0.15) is 0 Å². The minimum atomic E-state index is -0.239. The van der Waals surface area contributed by atoms with Gasteiger partial charge >= 0.3 is 6.09 Å². The molecule has 1 N–H and O–H groups in total. The molecular formula is C21H28N4O3. The van der Waals surface area contributed by atoms with Crippen LogP contribution in [0.2, 0.25) is 0 Å². The molecular weight excluding hydrogens is 356 g/mol. The average Bonchev–Trinajstić information content (AvgIpc) is 2.72. The third kappa shape index (κ3) is 5.84. The first-order valence-corrected chi connectivity index (χ1v) is 9.79. The molecule has 0 unspecified atom stereocenters. The molecule has 0 radical (unpaired) electrons. The fourth-order valence-corrected chi connectivity index (χ4v) is 3.13. The van der Waals surface area contributed by atoms with Crippen LogP contribution in [-0.2, 0) is 11.3 Å². The smallest absolute Gasteiger partial charge is 0.410 e. The Balaban J connectivity index is 1.41. The summed E-state index contributed by atoms with van der Waals surface area (Å²) >= 11 is 0. The molecule has 150 valence electrons. The first-order valence-electron chi connectivity index (χ1n) is 9.79. The van der Waals surface area contributed by atoms with Crippen molar-refractivity contribution in [3.05, 3.63) is 48.3 Å². The van der Waals surface area contributed by atoms with Gasteiger partial charge < -0.3 is 19.7 Å². The summed E-state index contributed by atoms with van der Waals surface area (Å²) in [5, 5.41) is 3.35. The van der Waals surface area contributed by atoms with E-state index in [1.54, 1.807) is 17.3 Å². The molecule has 0 saturated carbocycles. The van der Waals surface area contributed by atoms with Crippen molar-refractivity contribution in [3.63, 3.8) is 0 Å². The largest absolute Gasteiger partial charge is 0.472 e. The second kappa shape index (κ2) is 9.92. The number of nitrogens with one attached hydrogen (secondary N) is 1. The lowest BCUT2D eigenvalue weighted by molar-refractivity contribution is 0.0832. The van der Waals surface area contributed by atoms with Crippen LogP contribution >= 0.6 is 0 Å². The number of piperidine rings is 1. The van der Waals surface area contributed by atoms with Crippen molar-refractivity contribution in [3.8, 4) is 5.88 Å². The van der Waals surface area contributed by atoms with E-state index in [0.717, 1.165) is 24.9 Å². The Hall–Kier alpha value is -2.83. The minimum Gasteiger partial charge on any atom is -0.472 e.